The van der Waals surface area contributed by atoms with Gasteiger partial charge in [-0.25, -0.2) is 4.79 Å². The molecule has 0 radical (unpaired) electrons. The summed E-state index contributed by atoms with van der Waals surface area (Å²) in [4.78, 5) is 11.8. The fourth-order valence-corrected chi connectivity index (χ4v) is 5.31. The largest absolute Gasteiger partial charge is 0.478 e. The zero-order chi connectivity index (χ0) is 17.5. The molecule has 0 saturated heterocycles. The number of rotatable bonds is 4. The van der Waals surface area contributed by atoms with E-state index in [1.165, 1.54) is 5.56 Å². The average molecular weight is 332 g/mol. The maximum atomic E-state index is 11.8. The molecule has 0 unspecified atom stereocenters. The lowest BCUT2D eigenvalue weighted by Crippen LogP contribution is -2.57. The number of carboxylic acid groups (broad SMARTS) is 1. The van der Waals surface area contributed by atoms with Crippen LogP contribution in [0.15, 0.2) is 34.7 Å². The first-order valence-corrected chi connectivity index (χ1v) is 8.93. The van der Waals surface area contributed by atoms with Crippen LogP contribution in [0.4, 0.5) is 0 Å². The van der Waals surface area contributed by atoms with Crippen LogP contribution in [0.3, 0.4) is 0 Å². The summed E-state index contributed by atoms with van der Waals surface area (Å²) in [7, 11) is 0. The minimum Gasteiger partial charge on any atom is -0.478 e. The van der Waals surface area contributed by atoms with Crippen LogP contribution < -0.4 is 0 Å². The highest BCUT2D eigenvalue weighted by Crippen LogP contribution is 2.61. The molecule has 4 heteroatoms. The van der Waals surface area contributed by atoms with E-state index in [2.05, 4.69) is 13.8 Å². The summed E-state index contributed by atoms with van der Waals surface area (Å²) in [5.74, 6) is -0.356. The van der Waals surface area contributed by atoms with Gasteiger partial charge in [0, 0.05) is 11.0 Å². The SMILES string of the molecule is C[C@@H]1C[C@@H](O)[C@]2(C)C(C(=O)O)=CCC[C@H]2[C@@]1(C)CCc1ccoc1. The highest BCUT2D eigenvalue weighted by Gasteiger charge is 2.59. The molecule has 3 rings (SSSR count). The van der Waals surface area contributed by atoms with Crippen LogP contribution in [0.1, 0.15) is 52.0 Å². The molecular formula is C20H28O4. The van der Waals surface area contributed by atoms with Crippen molar-refractivity contribution in [2.45, 2.75) is 59.0 Å². The fourth-order valence-electron chi connectivity index (χ4n) is 5.31. The standard InChI is InChI=1S/C20H28O4/c1-13-11-17(21)20(3)15(18(22)23)5-4-6-16(20)19(13,2)9-7-14-8-10-24-12-14/h5,8,10,12-13,16-17,21H,4,6-7,9,11H2,1-3H3,(H,22,23)/t13-,16+,17-,19+,20-/m1/s1. The van der Waals surface area contributed by atoms with E-state index in [0.29, 0.717) is 17.9 Å². The molecule has 5 atom stereocenters. The lowest BCUT2D eigenvalue weighted by Gasteiger charge is -2.59. The van der Waals surface area contributed by atoms with Gasteiger partial charge in [0.05, 0.1) is 18.6 Å². The van der Waals surface area contributed by atoms with E-state index in [9.17, 15) is 15.0 Å². The molecule has 2 aliphatic carbocycles. The normalized spacial score (nSPS) is 39.2. The molecule has 2 aliphatic rings. The topological polar surface area (TPSA) is 70.7 Å². The molecule has 0 aliphatic heterocycles. The third kappa shape index (κ3) is 2.52. The first-order chi connectivity index (χ1) is 11.3. The van der Waals surface area contributed by atoms with Crippen LogP contribution >= 0.6 is 0 Å². The Balaban J connectivity index is 1.94. The van der Waals surface area contributed by atoms with E-state index in [1.807, 2.05) is 19.1 Å². The van der Waals surface area contributed by atoms with E-state index < -0.39 is 17.5 Å². The van der Waals surface area contributed by atoms with Crippen LogP contribution in [-0.4, -0.2) is 22.3 Å². The van der Waals surface area contributed by atoms with Crippen LogP contribution in [-0.2, 0) is 11.2 Å². The predicted molar refractivity (Wildman–Crippen MR) is 91.5 cm³/mol. The van der Waals surface area contributed by atoms with Crippen LogP contribution in [0, 0.1) is 22.7 Å². The third-order valence-corrected chi connectivity index (χ3v) is 7.06. The van der Waals surface area contributed by atoms with Gasteiger partial charge in [0.2, 0.25) is 0 Å². The van der Waals surface area contributed by atoms with Crippen molar-refractivity contribution in [3.63, 3.8) is 0 Å². The summed E-state index contributed by atoms with van der Waals surface area (Å²) in [6.07, 6.45) is 8.99. The smallest absolute Gasteiger partial charge is 0.331 e. The second-order valence-electron chi connectivity index (χ2n) is 8.13. The molecule has 1 saturated carbocycles. The second-order valence-corrected chi connectivity index (χ2v) is 8.13. The highest BCUT2D eigenvalue weighted by atomic mass is 16.4. The number of aliphatic carboxylic acids is 1. The molecular weight excluding hydrogens is 304 g/mol. The first kappa shape index (κ1) is 17.3. The Morgan fingerprint density at radius 2 is 2.17 bits per heavy atom. The first-order valence-electron chi connectivity index (χ1n) is 8.93. The molecule has 0 spiro atoms. The van der Waals surface area contributed by atoms with Gasteiger partial charge in [0.25, 0.3) is 0 Å². The molecule has 1 aromatic heterocycles. The number of aliphatic hydroxyl groups is 1. The zero-order valence-electron chi connectivity index (χ0n) is 14.8. The van der Waals surface area contributed by atoms with Crippen molar-refractivity contribution in [2.24, 2.45) is 22.7 Å². The Morgan fingerprint density at radius 3 is 2.79 bits per heavy atom. The monoisotopic (exact) mass is 332 g/mol. The van der Waals surface area contributed by atoms with Gasteiger partial charge >= 0.3 is 5.97 Å². The summed E-state index contributed by atoms with van der Waals surface area (Å²) in [6.45, 7) is 6.46. The van der Waals surface area contributed by atoms with Crippen molar-refractivity contribution in [2.75, 3.05) is 0 Å². The minimum absolute atomic E-state index is 0.000208. The van der Waals surface area contributed by atoms with Gasteiger partial charge in [0.15, 0.2) is 0 Å². The predicted octanol–water partition coefficient (Wildman–Crippen LogP) is 4.05. The molecule has 1 aromatic rings. The van der Waals surface area contributed by atoms with Crippen molar-refractivity contribution in [3.05, 3.63) is 35.8 Å². The van der Waals surface area contributed by atoms with E-state index >= 15 is 0 Å². The van der Waals surface area contributed by atoms with Crippen molar-refractivity contribution < 1.29 is 19.4 Å². The summed E-state index contributed by atoms with van der Waals surface area (Å²) in [6, 6.07) is 1.99. The average Bonchev–Trinajstić information content (AvgIpc) is 3.04. The summed E-state index contributed by atoms with van der Waals surface area (Å²) >= 11 is 0. The lowest BCUT2D eigenvalue weighted by atomic mass is 9.45. The highest BCUT2D eigenvalue weighted by molar-refractivity contribution is 5.88. The van der Waals surface area contributed by atoms with Crippen molar-refractivity contribution in [1.29, 1.82) is 0 Å². The molecule has 2 N–H and O–H groups in total. The Morgan fingerprint density at radius 1 is 1.42 bits per heavy atom. The van der Waals surface area contributed by atoms with Crippen LogP contribution in [0.2, 0.25) is 0 Å². The Hall–Kier alpha value is -1.55. The molecule has 4 nitrogen and oxygen atoms in total. The van der Waals surface area contributed by atoms with Crippen molar-refractivity contribution >= 4 is 5.97 Å². The van der Waals surface area contributed by atoms with Gasteiger partial charge in [-0.05, 0) is 61.0 Å². The van der Waals surface area contributed by atoms with Gasteiger partial charge in [-0.1, -0.05) is 26.8 Å². The summed E-state index contributed by atoms with van der Waals surface area (Å²) < 4.78 is 5.18. The molecule has 1 heterocycles. The fraction of sp³-hybridized carbons (Fsp3) is 0.650. The number of allylic oxidation sites excluding steroid dienone is 1. The number of hydrogen-bond acceptors (Lipinski definition) is 3. The quantitative estimate of drug-likeness (QED) is 0.873. The van der Waals surface area contributed by atoms with Gasteiger partial charge in [-0.2, -0.15) is 0 Å². The molecule has 1 fully saturated rings. The van der Waals surface area contributed by atoms with Crippen LogP contribution in [0.25, 0.3) is 0 Å². The van der Waals surface area contributed by atoms with Gasteiger partial charge < -0.3 is 14.6 Å². The molecule has 132 valence electrons. The second kappa shape index (κ2) is 6.07. The van der Waals surface area contributed by atoms with Gasteiger partial charge in [-0.15, -0.1) is 0 Å². The molecule has 24 heavy (non-hydrogen) atoms. The number of carbonyl (C=O) groups is 1. The number of aliphatic hydroxyl groups excluding tert-OH is 1. The summed E-state index contributed by atoms with van der Waals surface area (Å²) in [5, 5.41) is 20.5. The maximum absolute atomic E-state index is 11.8. The number of hydrogen-bond donors (Lipinski definition) is 2. The minimum atomic E-state index is -0.881. The zero-order valence-corrected chi connectivity index (χ0v) is 14.8. The van der Waals surface area contributed by atoms with Crippen molar-refractivity contribution in [1.82, 2.24) is 0 Å². The molecule has 0 bridgehead atoms. The lowest BCUT2D eigenvalue weighted by molar-refractivity contribution is -0.148. The Kier molecular flexibility index (Phi) is 4.37. The number of carboxylic acids is 1. The maximum Gasteiger partial charge on any atom is 0.331 e. The summed E-state index contributed by atoms with van der Waals surface area (Å²) in [5.41, 5.74) is 0.927. The molecule has 0 aromatic carbocycles. The van der Waals surface area contributed by atoms with E-state index in [4.69, 9.17) is 4.42 Å². The van der Waals surface area contributed by atoms with E-state index in [0.717, 1.165) is 25.7 Å². The van der Waals surface area contributed by atoms with Crippen molar-refractivity contribution in [3.8, 4) is 0 Å². The van der Waals surface area contributed by atoms with Gasteiger partial charge in [-0.3, -0.25) is 0 Å². The molecule has 0 amide bonds. The van der Waals surface area contributed by atoms with Gasteiger partial charge in [0.1, 0.15) is 0 Å². The Bertz CT molecular complexity index is 632. The third-order valence-electron chi connectivity index (χ3n) is 7.06. The number of aryl methyl sites for hydroxylation is 1. The number of furan rings is 1. The van der Waals surface area contributed by atoms with E-state index in [1.54, 1.807) is 12.5 Å². The Labute approximate surface area is 143 Å². The van der Waals surface area contributed by atoms with E-state index in [-0.39, 0.29) is 11.3 Å². The number of fused-ring (bicyclic) bond motifs is 1. The van der Waals surface area contributed by atoms with Crippen LogP contribution in [0.5, 0.6) is 0 Å².